The minimum absolute atomic E-state index is 0.806. The van der Waals surface area contributed by atoms with Crippen LogP contribution in [0.3, 0.4) is 0 Å². The third-order valence-electron chi connectivity index (χ3n) is 3.24. The van der Waals surface area contributed by atoms with E-state index in [-0.39, 0.29) is 0 Å². The average molecular weight is 266 g/mol. The lowest BCUT2D eigenvalue weighted by molar-refractivity contribution is 0.668. The van der Waals surface area contributed by atoms with Crippen LogP contribution in [0.5, 0.6) is 0 Å². The van der Waals surface area contributed by atoms with Crippen molar-refractivity contribution >= 4 is 10.9 Å². The molecule has 0 amide bonds. The minimum atomic E-state index is 0.806. The van der Waals surface area contributed by atoms with E-state index in [0.29, 0.717) is 0 Å². The van der Waals surface area contributed by atoms with E-state index in [1.54, 1.807) is 6.20 Å². The molecule has 1 aromatic carbocycles. The molecule has 20 heavy (non-hydrogen) atoms. The smallest absolute Gasteiger partial charge is 0.158 e. The normalized spacial score (nSPS) is 11.1. The first-order valence-electron chi connectivity index (χ1n) is 6.98. The first-order chi connectivity index (χ1) is 9.88. The molecular weight excluding hydrogens is 248 g/mol. The van der Waals surface area contributed by atoms with Gasteiger partial charge in [-0.1, -0.05) is 25.1 Å². The van der Waals surface area contributed by atoms with E-state index >= 15 is 0 Å². The molecular formula is C16H18N4. The van der Waals surface area contributed by atoms with E-state index < -0.39 is 0 Å². The Bertz CT molecular complexity index is 689. The van der Waals surface area contributed by atoms with Gasteiger partial charge in [0.25, 0.3) is 0 Å². The Hall–Kier alpha value is -2.20. The van der Waals surface area contributed by atoms with E-state index in [9.17, 15) is 0 Å². The van der Waals surface area contributed by atoms with Crippen LogP contribution in [0.15, 0.2) is 48.8 Å². The largest absolute Gasteiger partial charge is 0.313 e. The van der Waals surface area contributed by atoms with E-state index in [2.05, 4.69) is 29.5 Å². The van der Waals surface area contributed by atoms with Gasteiger partial charge in [0, 0.05) is 29.9 Å². The number of para-hydroxylation sites is 1. The molecule has 4 nitrogen and oxygen atoms in total. The van der Waals surface area contributed by atoms with Crippen molar-refractivity contribution in [3.63, 3.8) is 0 Å². The van der Waals surface area contributed by atoms with E-state index in [1.807, 2.05) is 35.1 Å². The highest BCUT2D eigenvalue weighted by molar-refractivity contribution is 5.80. The number of nitrogens with one attached hydrogen (secondary N) is 1. The van der Waals surface area contributed by atoms with Gasteiger partial charge in [0.2, 0.25) is 0 Å². The van der Waals surface area contributed by atoms with Crippen molar-refractivity contribution in [3.05, 3.63) is 54.4 Å². The van der Waals surface area contributed by atoms with Crippen LogP contribution in [0, 0.1) is 0 Å². The van der Waals surface area contributed by atoms with Gasteiger partial charge in [0.1, 0.15) is 0 Å². The lowest BCUT2D eigenvalue weighted by atomic mass is 10.1. The zero-order chi connectivity index (χ0) is 13.8. The average Bonchev–Trinajstić information content (AvgIpc) is 3.01. The number of nitrogens with zero attached hydrogens (tertiary/aromatic N) is 3. The second-order valence-corrected chi connectivity index (χ2v) is 4.79. The molecule has 4 heteroatoms. The molecule has 0 saturated heterocycles. The van der Waals surface area contributed by atoms with Crippen LogP contribution in [-0.4, -0.2) is 21.3 Å². The summed E-state index contributed by atoms with van der Waals surface area (Å²) in [6.45, 7) is 3.98. The van der Waals surface area contributed by atoms with Gasteiger partial charge in [-0.05, 0) is 31.2 Å². The molecule has 0 spiro atoms. The SMILES string of the molecule is CCCNCc1cc2ccccc2nc1-n1cccn1. The zero-order valence-electron chi connectivity index (χ0n) is 11.6. The highest BCUT2D eigenvalue weighted by Crippen LogP contribution is 2.19. The van der Waals surface area contributed by atoms with Gasteiger partial charge in [-0.2, -0.15) is 5.10 Å². The Morgan fingerprint density at radius 2 is 2.10 bits per heavy atom. The fourth-order valence-electron chi connectivity index (χ4n) is 2.27. The molecule has 0 saturated carbocycles. The van der Waals surface area contributed by atoms with Gasteiger partial charge in [0.05, 0.1) is 5.52 Å². The van der Waals surface area contributed by atoms with Gasteiger partial charge in [0.15, 0.2) is 5.82 Å². The Morgan fingerprint density at radius 3 is 2.90 bits per heavy atom. The molecule has 0 atom stereocenters. The quantitative estimate of drug-likeness (QED) is 0.722. The van der Waals surface area contributed by atoms with Crippen LogP contribution in [0.1, 0.15) is 18.9 Å². The lowest BCUT2D eigenvalue weighted by Gasteiger charge is -2.11. The molecule has 0 bridgehead atoms. The maximum Gasteiger partial charge on any atom is 0.158 e. The van der Waals surface area contributed by atoms with Gasteiger partial charge in [-0.3, -0.25) is 0 Å². The van der Waals surface area contributed by atoms with E-state index in [0.717, 1.165) is 36.2 Å². The van der Waals surface area contributed by atoms with Crippen molar-refractivity contribution in [1.29, 1.82) is 0 Å². The van der Waals surface area contributed by atoms with Crippen LogP contribution in [0.2, 0.25) is 0 Å². The first-order valence-corrected chi connectivity index (χ1v) is 6.98. The Morgan fingerprint density at radius 1 is 1.20 bits per heavy atom. The van der Waals surface area contributed by atoms with Crippen LogP contribution in [0.25, 0.3) is 16.7 Å². The third kappa shape index (κ3) is 2.56. The van der Waals surface area contributed by atoms with Crippen molar-refractivity contribution in [3.8, 4) is 5.82 Å². The fraction of sp³-hybridized carbons (Fsp3) is 0.250. The second-order valence-electron chi connectivity index (χ2n) is 4.79. The molecule has 3 rings (SSSR count). The van der Waals surface area contributed by atoms with Crippen LogP contribution in [0.4, 0.5) is 0 Å². The molecule has 2 aromatic heterocycles. The predicted molar refractivity (Wildman–Crippen MR) is 80.9 cm³/mol. The molecule has 0 aliphatic carbocycles. The van der Waals surface area contributed by atoms with Gasteiger partial charge >= 0.3 is 0 Å². The molecule has 3 aromatic rings. The summed E-state index contributed by atoms with van der Waals surface area (Å²) in [6.07, 6.45) is 4.83. The summed E-state index contributed by atoms with van der Waals surface area (Å²) in [6, 6.07) is 12.3. The number of hydrogen-bond acceptors (Lipinski definition) is 3. The van der Waals surface area contributed by atoms with Crippen LogP contribution >= 0.6 is 0 Å². The van der Waals surface area contributed by atoms with Crippen molar-refractivity contribution in [1.82, 2.24) is 20.1 Å². The van der Waals surface area contributed by atoms with E-state index in [1.165, 1.54) is 5.56 Å². The van der Waals surface area contributed by atoms with Gasteiger partial charge < -0.3 is 5.32 Å². The number of benzene rings is 1. The van der Waals surface area contributed by atoms with Gasteiger partial charge in [-0.25, -0.2) is 9.67 Å². The number of hydrogen-bond donors (Lipinski definition) is 1. The van der Waals surface area contributed by atoms with Crippen molar-refractivity contribution in [2.24, 2.45) is 0 Å². The maximum atomic E-state index is 4.76. The van der Waals surface area contributed by atoms with Crippen LogP contribution < -0.4 is 5.32 Å². The lowest BCUT2D eigenvalue weighted by Crippen LogP contribution is -2.16. The molecule has 2 heterocycles. The molecule has 0 radical (unpaired) electrons. The Balaban J connectivity index is 2.06. The first kappa shape index (κ1) is 12.8. The summed E-state index contributed by atoms with van der Waals surface area (Å²) < 4.78 is 1.83. The number of fused-ring (bicyclic) bond motifs is 1. The monoisotopic (exact) mass is 266 g/mol. The summed E-state index contributed by atoms with van der Waals surface area (Å²) in [4.78, 5) is 4.76. The number of pyridine rings is 1. The van der Waals surface area contributed by atoms with Crippen molar-refractivity contribution in [2.75, 3.05) is 6.54 Å². The van der Waals surface area contributed by atoms with Gasteiger partial charge in [-0.15, -0.1) is 0 Å². The molecule has 1 N–H and O–H groups in total. The topological polar surface area (TPSA) is 42.7 Å². The Labute approximate surface area is 118 Å². The summed E-state index contributed by atoms with van der Waals surface area (Å²) in [5.41, 5.74) is 2.16. The summed E-state index contributed by atoms with van der Waals surface area (Å²) in [5, 5.41) is 8.91. The number of rotatable bonds is 5. The second kappa shape index (κ2) is 5.84. The predicted octanol–water partition coefficient (Wildman–Crippen LogP) is 2.92. The maximum absolute atomic E-state index is 4.76. The minimum Gasteiger partial charge on any atom is -0.313 e. The molecule has 0 unspecified atom stereocenters. The van der Waals surface area contributed by atoms with Crippen molar-refractivity contribution in [2.45, 2.75) is 19.9 Å². The summed E-state index contributed by atoms with van der Waals surface area (Å²) >= 11 is 0. The molecule has 0 fully saturated rings. The Kier molecular flexibility index (Phi) is 3.74. The summed E-state index contributed by atoms with van der Waals surface area (Å²) in [5.74, 6) is 0.900. The standard InChI is InChI=1S/C16H18N4/c1-2-8-17-12-14-11-13-6-3-4-7-15(13)19-16(14)20-10-5-9-18-20/h3-7,9-11,17H,2,8,12H2,1H3. The highest BCUT2D eigenvalue weighted by atomic mass is 15.3. The van der Waals surface area contributed by atoms with Crippen LogP contribution in [-0.2, 0) is 6.54 Å². The third-order valence-corrected chi connectivity index (χ3v) is 3.24. The summed E-state index contributed by atoms with van der Waals surface area (Å²) in [7, 11) is 0. The van der Waals surface area contributed by atoms with Crippen molar-refractivity contribution < 1.29 is 0 Å². The fourth-order valence-corrected chi connectivity index (χ4v) is 2.27. The van der Waals surface area contributed by atoms with E-state index in [4.69, 9.17) is 4.98 Å². The molecule has 102 valence electrons. The molecule has 0 aliphatic rings. The highest BCUT2D eigenvalue weighted by Gasteiger charge is 2.08. The number of aromatic nitrogens is 3. The molecule has 0 aliphatic heterocycles. The zero-order valence-corrected chi connectivity index (χ0v) is 11.6.